The van der Waals surface area contributed by atoms with Gasteiger partial charge in [-0.15, -0.1) is 0 Å². The summed E-state index contributed by atoms with van der Waals surface area (Å²) in [4.78, 5) is 20.1. The molecule has 0 spiro atoms. The predicted octanol–water partition coefficient (Wildman–Crippen LogP) is 0.506. The Balaban J connectivity index is 3.62. The second kappa shape index (κ2) is 3.66. The first-order valence-electron chi connectivity index (χ1n) is 2.24. The van der Waals surface area contributed by atoms with Crippen LogP contribution in [0.15, 0.2) is 0 Å². The van der Waals surface area contributed by atoms with Crippen molar-refractivity contribution < 1.29 is 9.59 Å². The summed E-state index contributed by atoms with van der Waals surface area (Å²) in [5, 5.41) is -0.174. The van der Waals surface area contributed by atoms with E-state index in [1.165, 1.54) is 11.8 Å². The Labute approximate surface area is 52.6 Å². The molecule has 0 radical (unpaired) electrons. The molecule has 46 valence electrons. The Hall–Kier alpha value is -0.310. The van der Waals surface area contributed by atoms with Gasteiger partial charge in [0, 0.05) is 0 Å². The number of hydrogen-bond acceptors (Lipinski definition) is 3. The highest BCUT2D eigenvalue weighted by molar-refractivity contribution is 8.00. The number of carbonyl (C=O) groups excluding carboxylic acids is 2. The van der Waals surface area contributed by atoms with Gasteiger partial charge in [0.2, 0.25) is 5.78 Å². The molecule has 0 fully saturated rings. The lowest BCUT2D eigenvalue weighted by Gasteiger charge is -1.97. The van der Waals surface area contributed by atoms with Crippen molar-refractivity contribution in [3.8, 4) is 0 Å². The van der Waals surface area contributed by atoms with E-state index in [0.717, 1.165) is 0 Å². The number of ketones is 1. The lowest BCUT2D eigenvalue weighted by atomic mass is 10.3. The SMILES string of the molecule is CSC(C)C(=O)C=O. The van der Waals surface area contributed by atoms with Gasteiger partial charge in [0.1, 0.15) is 0 Å². The molecule has 0 amide bonds. The van der Waals surface area contributed by atoms with Crippen LogP contribution in [0.3, 0.4) is 0 Å². The Kier molecular flexibility index (Phi) is 3.52. The zero-order valence-corrected chi connectivity index (χ0v) is 5.70. The molecule has 1 unspecified atom stereocenters. The molecule has 0 bridgehead atoms. The van der Waals surface area contributed by atoms with Crippen molar-refractivity contribution in [2.45, 2.75) is 12.2 Å². The van der Waals surface area contributed by atoms with E-state index in [9.17, 15) is 9.59 Å². The van der Waals surface area contributed by atoms with Crippen LogP contribution in [0.1, 0.15) is 6.92 Å². The fourth-order valence-corrected chi connectivity index (χ4v) is 0.500. The zero-order valence-electron chi connectivity index (χ0n) is 4.88. The van der Waals surface area contributed by atoms with Crippen LogP contribution in [0.4, 0.5) is 0 Å². The number of hydrogen-bond donors (Lipinski definition) is 0. The van der Waals surface area contributed by atoms with E-state index >= 15 is 0 Å². The van der Waals surface area contributed by atoms with E-state index in [1.807, 2.05) is 0 Å². The lowest BCUT2D eigenvalue weighted by Crippen LogP contribution is -2.12. The highest BCUT2D eigenvalue weighted by Crippen LogP contribution is 2.03. The topological polar surface area (TPSA) is 34.1 Å². The van der Waals surface area contributed by atoms with Gasteiger partial charge in [-0.05, 0) is 13.2 Å². The molecule has 1 atom stereocenters. The van der Waals surface area contributed by atoms with Crippen molar-refractivity contribution in [2.75, 3.05) is 6.26 Å². The van der Waals surface area contributed by atoms with Crippen molar-refractivity contribution in [3.05, 3.63) is 0 Å². The van der Waals surface area contributed by atoms with Crippen LogP contribution in [-0.4, -0.2) is 23.6 Å². The van der Waals surface area contributed by atoms with Crippen molar-refractivity contribution in [2.24, 2.45) is 0 Å². The van der Waals surface area contributed by atoms with Crippen LogP contribution in [0.25, 0.3) is 0 Å². The predicted molar refractivity (Wildman–Crippen MR) is 34.0 cm³/mol. The van der Waals surface area contributed by atoms with E-state index in [-0.39, 0.29) is 11.0 Å². The van der Waals surface area contributed by atoms with Gasteiger partial charge in [0.05, 0.1) is 5.25 Å². The molecule has 0 aromatic carbocycles. The second-order valence-corrected chi connectivity index (χ2v) is 2.58. The molecule has 0 saturated heterocycles. The average molecular weight is 132 g/mol. The molecule has 2 nitrogen and oxygen atoms in total. The maximum Gasteiger partial charge on any atom is 0.207 e. The highest BCUT2D eigenvalue weighted by Gasteiger charge is 2.07. The average Bonchev–Trinajstić information content (AvgIpc) is 1.84. The molecule has 0 aliphatic rings. The van der Waals surface area contributed by atoms with Gasteiger partial charge in [-0.25, -0.2) is 0 Å². The summed E-state index contributed by atoms with van der Waals surface area (Å²) in [6.45, 7) is 1.71. The van der Waals surface area contributed by atoms with E-state index in [4.69, 9.17) is 0 Å². The van der Waals surface area contributed by atoms with Crippen LogP contribution in [0.2, 0.25) is 0 Å². The summed E-state index contributed by atoms with van der Waals surface area (Å²) >= 11 is 1.38. The molecule has 0 saturated carbocycles. The van der Waals surface area contributed by atoms with Crippen molar-refractivity contribution in [1.29, 1.82) is 0 Å². The van der Waals surface area contributed by atoms with Crippen LogP contribution in [0.5, 0.6) is 0 Å². The Morgan fingerprint density at radius 1 is 1.75 bits per heavy atom. The molecule has 0 aromatic rings. The molecule has 0 aromatic heterocycles. The van der Waals surface area contributed by atoms with E-state index in [2.05, 4.69) is 0 Å². The molecule has 0 heterocycles. The van der Waals surface area contributed by atoms with Crippen molar-refractivity contribution in [1.82, 2.24) is 0 Å². The quantitative estimate of drug-likeness (QED) is 0.414. The van der Waals surface area contributed by atoms with Crippen LogP contribution >= 0.6 is 11.8 Å². The fourth-order valence-electron chi connectivity index (χ4n) is 0.212. The number of carbonyl (C=O) groups is 2. The van der Waals surface area contributed by atoms with E-state index < -0.39 is 0 Å². The minimum absolute atomic E-state index is 0.174. The standard InChI is InChI=1S/C5H8O2S/c1-4(8-2)5(7)3-6/h3-4H,1-2H3. The third kappa shape index (κ3) is 2.12. The number of rotatable bonds is 3. The van der Waals surface area contributed by atoms with Crippen molar-refractivity contribution in [3.63, 3.8) is 0 Å². The highest BCUT2D eigenvalue weighted by atomic mass is 32.2. The molecule has 0 aliphatic heterocycles. The first-order chi connectivity index (χ1) is 3.72. The molecule has 0 aliphatic carbocycles. The fraction of sp³-hybridized carbons (Fsp3) is 0.600. The van der Waals surface area contributed by atoms with Gasteiger partial charge in [-0.3, -0.25) is 9.59 Å². The van der Waals surface area contributed by atoms with Gasteiger partial charge in [0.25, 0.3) is 0 Å². The maximum absolute atomic E-state index is 10.4. The van der Waals surface area contributed by atoms with Gasteiger partial charge in [-0.2, -0.15) is 11.8 Å². The Morgan fingerprint density at radius 3 is 2.38 bits per heavy atom. The Bertz CT molecular complexity index is 101. The summed E-state index contributed by atoms with van der Waals surface area (Å²) in [6, 6.07) is 0. The zero-order chi connectivity index (χ0) is 6.57. The number of Topliss-reactive ketones (excluding diaryl/α,β-unsaturated/α-hetero) is 1. The third-order valence-electron chi connectivity index (χ3n) is 0.870. The van der Waals surface area contributed by atoms with Crippen LogP contribution in [-0.2, 0) is 9.59 Å². The number of aldehydes is 1. The third-order valence-corrected chi connectivity index (χ3v) is 1.81. The molecule has 8 heavy (non-hydrogen) atoms. The summed E-state index contributed by atoms with van der Waals surface area (Å²) < 4.78 is 0. The summed E-state index contributed by atoms with van der Waals surface area (Å²) in [5.74, 6) is -0.336. The minimum atomic E-state index is -0.336. The normalized spacial score (nSPS) is 12.8. The largest absolute Gasteiger partial charge is 0.295 e. The van der Waals surface area contributed by atoms with Crippen LogP contribution < -0.4 is 0 Å². The molecule has 3 heteroatoms. The minimum Gasteiger partial charge on any atom is -0.295 e. The Morgan fingerprint density at radius 2 is 2.25 bits per heavy atom. The summed E-state index contributed by atoms with van der Waals surface area (Å²) in [5.41, 5.74) is 0. The van der Waals surface area contributed by atoms with Crippen LogP contribution in [0, 0.1) is 0 Å². The summed E-state index contributed by atoms with van der Waals surface area (Å²) in [7, 11) is 0. The summed E-state index contributed by atoms with van der Waals surface area (Å²) in [6.07, 6.45) is 2.16. The molecule has 0 N–H and O–H groups in total. The first-order valence-corrected chi connectivity index (χ1v) is 3.53. The van der Waals surface area contributed by atoms with Gasteiger partial charge < -0.3 is 0 Å². The van der Waals surface area contributed by atoms with E-state index in [1.54, 1.807) is 13.2 Å². The van der Waals surface area contributed by atoms with Crippen molar-refractivity contribution >= 4 is 23.8 Å². The van der Waals surface area contributed by atoms with Gasteiger partial charge >= 0.3 is 0 Å². The second-order valence-electron chi connectivity index (χ2n) is 1.40. The maximum atomic E-state index is 10.4. The smallest absolute Gasteiger partial charge is 0.207 e. The molecular formula is C5H8O2S. The van der Waals surface area contributed by atoms with E-state index in [0.29, 0.717) is 6.29 Å². The van der Waals surface area contributed by atoms with Gasteiger partial charge in [0.15, 0.2) is 6.29 Å². The monoisotopic (exact) mass is 132 g/mol. The molecule has 0 rings (SSSR count). The molecular weight excluding hydrogens is 124 g/mol. The first kappa shape index (κ1) is 7.69. The number of thioether (sulfide) groups is 1. The lowest BCUT2D eigenvalue weighted by molar-refractivity contribution is -0.129. The van der Waals surface area contributed by atoms with Gasteiger partial charge in [-0.1, -0.05) is 0 Å².